The van der Waals surface area contributed by atoms with Gasteiger partial charge >= 0.3 is 0 Å². The molecule has 0 amide bonds. The number of nitrogens with two attached hydrogens (primary N) is 1. The Labute approximate surface area is 102 Å². The summed E-state index contributed by atoms with van der Waals surface area (Å²) in [6, 6.07) is 10.1. The average Bonchev–Trinajstić information content (AvgIpc) is 2.80. The van der Waals surface area contributed by atoms with E-state index in [0.29, 0.717) is 0 Å². The van der Waals surface area contributed by atoms with Gasteiger partial charge in [0.1, 0.15) is 11.5 Å². The molecule has 2 nitrogen and oxygen atoms in total. The van der Waals surface area contributed by atoms with Gasteiger partial charge in [0.15, 0.2) is 0 Å². The number of furan rings is 1. The standard InChI is InChI=1S/C15H19NO/c1-4-13-7-8-14(17-13)15(16)12-6-5-10(2)11(3)9-12/h5-9,15H,4,16H2,1-3H3. The molecule has 0 aliphatic heterocycles. The lowest BCUT2D eigenvalue weighted by Crippen LogP contribution is -2.11. The van der Waals surface area contributed by atoms with E-state index in [-0.39, 0.29) is 6.04 Å². The Kier molecular flexibility index (Phi) is 3.34. The van der Waals surface area contributed by atoms with Gasteiger partial charge in [0.25, 0.3) is 0 Å². The van der Waals surface area contributed by atoms with Crippen molar-refractivity contribution in [1.29, 1.82) is 0 Å². The van der Waals surface area contributed by atoms with Crippen LogP contribution in [0.3, 0.4) is 0 Å². The number of rotatable bonds is 3. The van der Waals surface area contributed by atoms with Gasteiger partial charge in [-0.25, -0.2) is 0 Å². The van der Waals surface area contributed by atoms with Gasteiger partial charge in [0.05, 0.1) is 6.04 Å². The molecule has 0 spiro atoms. The number of benzene rings is 1. The third kappa shape index (κ3) is 2.42. The van der Waals surface area contributed by atoms with Crippen LogP contribution in [0.5, 0.6) is 0 Å². The Morgan fingerprint density at radius 3 is 2.47 bits per heavy atom. The molecule has 0 bridgehead atoms. The summed E-state index contributed by atoms with van der Waals surface area (Å²) in [4.78, 5) is 0. The first-order valence-corrected chi connectivity index (χ1v) is 6.03. The molecule has 1 atom stereocenters. The smallest absolute Gasteiger partial charge is 0.125 e. The second-order valence-corrected chi connectivity index (χ2v) is 4.48. The lowest BCUT2D eigenvalue weighted by molar-refractivity contribution is 0.454. The van der Waals surface area contributed by atoms with Crippen LogP contribution >= 0.6 is 0 Å². The van der Waals surface area contributed by atoms with Gasteiger partial charge in [-0.2, -0.15) is 0 Å². The lowest BCUT2D eigenvalue weighted by atomic mass is 10.0. The van der Waals surface area contributed by atoms with Crippen molar-refractivity contribution >= 4 is 0 Å². The molecular weight excluding hydrogens is 210 g/mol. The third-order valence-corrected chi connectivity index (χ3v) is 3.23. The zero-order valence-corrected chi connectivity index (χ0v) is 10.7. The number of hydrogen-bond donors (Lipinski definition) is 1. The van der Waals surface area contributed by atoms with Crippen LogP contribution in [0.15, 0.2) is 34.7 Å². The molecule has 1 aromatic heterocycles. The summed E-state index contributed by atoms with van der Waals surface area (Å²) in [7, 11) is 0. The third-order valence-electron chi connectivity index (χ3n) is 3.23. The second kappa shape index (κ2) is 4.76. The molecular formula is C15H19NO. The molecule has 2 rings (SSSR count). The summed E-state index contributed by atoms with van der Waals surface area (Å²) in [5, 5.41) is 0. The molecule has 0 radical (unpaired) electrons. The zero-order chi connectivity index (χ0) is 12.4. The minimum Gasteiger partial charge on any atom is -0.464 e. The molecule has 1 unspecified atom stereocenters. The summed E-state index contributed by atoms with van der Waals surface area (Å²) in [6.45, 7) is 6.28. The van der Waals surface area contributed by atoms with E-state index in [2.05, 4.69) is 39.0 Å². The maximum absolute atomic E-state index is 6.21. The van der Waals surface area contributed by atoms with Crippen LogP contribution in [-0.2, 0) is 6.42 Å². The van der Waals surface area contributed by atoms with Crippen molar-refractivity contribution < 1.29 is 4.42 Å². The first-order valence-electron chi connectivity index (χ1n) is 6.03. The minimum absolute atomic E-state index is 0.172. The van der Waals surface area contributed by atoms with E-state index in [4.69, 9.17) is 10.2 Å². The van der Waals surface area contributed by atoms with E-state index in [1.807, 2.05) is 12.1 Å². The Morgan fingerprint density at radius 2 is 1.88 bits per heavy atom. The van der Waals surface area contributed by atoms with Crippen LogP contribution in [0, 0.1) is 13.8 Å². The van der Waals surface area contributed by atoms with Crippen molar-refractivity contribution in [3.8, 4) is 0 Å². The maximum atomic E-state index is 6.21. The fourth-order valence-corrected chi connectivity index (χ4v) is 1.87. The van der Waals surface area contributed by atoms with Crippen molar-refractivity contribution in [3.63, 3.8) is 0 Å². The van der Waals surface area contributed by atoms with Crippen LogP contribution in [0.2, 0.25) is 0 Å². The molecule has 1 aromatic carbocycles. The highest BCUT2D eigenvalue weighted by molar-refractivity contribution is 5.34. The summed E-state index contributed by atoms with van der Waals surface area (Å²) in [5.41, 5.74) is 9.86. The van der Waals surface area contributed by atoms with Crippen molar-refractivity contribution in [2.45, 2.75) is 33.2 Å². The SMILES string of the molecule is CCc1ccc(C(N)c2ccc(C)c(C)c2)o1. The molecule has 0 saturated carbocycles. The van der Waals surface area contributed by atoms with Crippen molar-refractivity contribution in [3.05, 3.63) is 58.5 Å². The Balaban J connectivity index is 2.29. The second-order valence-electron chi connectivity index (χ2n) is 4.48. The van der Waals surface area contributed by atoms with Crippen LogP contribution in [0.25, 0.3) is 0 Å². The zero-order valence-electron chi connectivity index (χ0n) is 10.7. The largest absolute Gasteiger partial charge is 0.464 e. The highest BCUT2D eigenvalue weighted by atomic mass is 16.3. The fraction of sp³-hybridized carbons (Fsp3) is 0.333. The summed E-state index contributed by atoms with van der Waals surface area (Å²) < 4.78 is 5.69. The van der Waals surface area contributed by atoms with Gasteiger partial charge in [-0.15, -0.1) is 0 Å². The van der Waals surface area contributed by atoms with Gasteiger partial charge in [-0.3, -0.25) is 0 Å². The summed E-state index contributed by atoms with van der Waals surface area (Å²) in [6.07, 6.45) is 0.902. The Hall–Kier alpha value is -1.54. The lowest BCUT2D eigenvalue weighted by Gasteiger charge is -2.11. The van der Waals surface area contributed by atoms with E-state index in [1.54, 1.807) is 0 Å². The van der Waals surface area contributed by atoms with Crippen LogP contribution in [-0.4, -0.2) is 0 Å². The molecule has 0 fully saturated rings. The van der Waals surface area contributed by atoms with E-state index in [9.17, 15) is 0 Å². The molecule has 0 aliphatic rings. The van der Waals surface area contributed by atoms with Crippen LogP contribution in [0.4, 0.5) is 0 Å². The number of aryl methyl sites for hydroxylation is 3. The summed E-state index contributed by atoms with van der Waals surface area (Å²) in [5.74, 6) is 1.82. The monoisotopic (exact) mass is 229 g/mol. The molecule has 0 saturated heterocycles. The van der Waals surface area contributed by atoms with E-state index in [0.717, 1.165) is 23.5 Å². The first-order chi connectivity index (χ1) is 8.11. The molecule has 2 aromatic rings. The predicted molar refractivity (Wildman–Crippen MR) is 70.0 cm³/mol. The van der Waals surface area contributed by atoms with Gasteiger partial charge in [0.2, 0.25) is 0 Å². The molecule has 1 heterocycles. The van der Waals surface area contributed by atoms with Gasteiger partial charge in [-0.05, 0) is 42.7 Å². The van der Waals surface area contributed by atoms with Crippen LogP contribution < -0.4 is 5.73 Å². The van der Waals surface area contributed by atoms with Crippen molar-refractivity contribution in [2.24, 2.45) is 5.73 Å². The first kappa shape index (κ1) is 11.9. The van der Waals surface area contributed by atoms with Gasteiger partial charge in [0, 0.05) is 6.42 Å². The quantitative estimate of drug-likeness (QED) is 0.874. The molecule has 2 N–H and O–H groups in total. The molecule has 2 heteroatoms. The maximum Gasteiger partial charge on any atom is 0.125 e. The van der Waals surface area contributed by atoms with Crippen molar-refractivity contribution in [2.75, 3.05) is 0 Å². The van der Waals surface area contributed by atoms with Crippen LogP contribution in [0.1, 0.15) is 41.2 Å². The fourth-order valence-electron chi connectivity index (χ4n) is 1.87. The minimum atomic E-state index is -0.172. The molecule has 90 valence electrons. The topological polar surface area (TPSA) is 39.2 Å². The molecule has 0 aliphatic carbocycles. The average molecular weight is 229 g/mol. The van der Waals surface area contributed by atoms with E-state index in [1.165, 1.54) is 11.1 Å². The summed E-state index contributed by atoms with van der Waals surface area (Å²) >= 11 is 0. The van der Waals surface area contributed by atoms with E-state index >= 15 is 0 Å². The highest BCUT2D eigenvalue weighted by Crippen LogP contribution is 2.23. The Bertz CT molecular complexity index is 513. The Morgan fingerprint density at radius 1 is 1.12 bits per heavy atom. The molecule has 17 heavy (non-hydrogen) atoms. The van der Waals surface area contributed by atoms with Crippen molar-refractivity contribution in [1.82, 2.24) is 0 Å². The predicted octanol–water partition coefficient (Wildman–Crippen LogP) is 3.51. The van der Waals surface area contributed by atoms with E-state index < -0.39 is 0 Å². The van der Waals surface area contributed by atoms with Gasteiger partial charge < -0.3 is 10.2 Å². The normalized spacial score (nSPS) is 12.7. The van der Waals surface area contributed by atoms with Gasteiger partial charge in [-0.1, -0.05) is 25.1 Å². The number of hydrogen-bond acceptors (Lipinski definition) is 2. The highest BCUT2D eigenvalue weighted by Gasteiger charge is 2.13.